The van der Waals surface area contributed by atoms with E-state index in [2.05, 4.69) is 27.4 Å². The lowest BCUT2D eigenvalue weighted by molar-refractivity contribution is 0.0932. The van der Waals surface area contributed by atoms with E-state index in [4.69, 9.17) is 4.74 Å². The Labute approximate surface area is 142 Å². The van der Waals surface area contributed by atoms with Gasteiger partial charge >= 0.3 is 0 Å². The molecule has 0 saturated carbocycles. The summed E-state index contributed by atoms with van der Waals surface area (Å²) in [5, 5.41) is 2.79. The van der Waals surface area contributed by atoms with Crippen molar-refractivity contribution >= 4 is 11.9 Å². The Morgan fingerprint density at radius 3 is 2.67 bits per heavy atom. The first kappa shape index (κ1) is 17.9. The minimum Gasteiger partial charge on any atom is -0.383 e. The number of benzene rings is 1. The molecule has 0 atom stereocenters. The van der Waals surface area contributed by atoms with Gasteiger partial charge in [0, 0.05) is 32.4 Å². The van der Waals surface area contributed by atoms with Gasteiger partial charge in [-0.15, -0.1) is 0 Å². The molecule has 0 fully saturated rings. The summed E-state index contributed by atoms with van der Waals surface area (Å²) in [5.41, 5.74) is 2.32. The minimum absolute atomic E-state index is 0.213. The lowest BCUT2D eigenvalue weighted by Crippen LogP contribution is -2.30. The smallest absolute Gasteiger partial charge is 0.270 e. The molecule has 1 aromatic heterocycles. The van der Waals surface area contributed by atoms with Gasteiger partial charge in [0.05, 0.1) is 6.61 Å². The summed E-state index contributed by atoms with van der Waals surface area (Å²) in [6, 6.07) is 11.8. The number of nitrogens with one attached hydrogen (secondary N) is 1. The van der Waals surface area contributed by atoms with Crippen LogP contribution in [0.15, 0.2) is 36.4 Å². The van der Waals surface area contributed by atoms with Crippen LogP contribution >= 0.6 is 0 Å². The number of hydrogen-bond donors (Lipinski definition) is 1. The number of ether oxygens (including phenoxy) is 1. The third-order valence-corrected chi connectivity index (χ3v) is 3.55. The van der Waals surface area contributed by atoms with Crippen LogP contribution in [-0.2, 0) is 11.3 Å². The molecular formula is C18H24N4O2. The molecule has 1 aromatic carbocycles. The summed E-state index contributed by atoms with van der Waals surface area (Å²) in [7, 11) is 1.60. The molecule has 0 unspecified atom stereocenters. The molecule has 0 spiro atoms. The number of aryl methyl sites for hydroxylation is 1. The molecule has 1 heterocycles. The Morgan fingerprint density at radius 2 is 2.00 bits per heavy atom. The Kier molecular flexibility index (Phi) is 6.69. The standard InChI is InChI=1S/C18H24N4O2/c1-4-22(13-15-8-6-5-7-9-15)18-20-14(2)12-16(21-18)17(23)19-10-11-24-3/h5-9,12H,4,10-11,13H2,1-3H3,(H,19,23). The highest BCUT2D eigenvalue weighted by molar-refractivity contribution is 5.92. The van der Waals surface area contributed by atoms with E-state index >= 15 is 0 Å². The van der Waals surface area contributed by atoms with Gasteiger partial charge in [0.1, 0.15) is 5.69 Å². The second-order valence-corrected chi connectivity index (χ2v) is 5.44. The Balaban J connectivity index is 2.17. The number of anilines is 1. The molecule has 2 rings (SSSR count). The van der Waals surface area contributed by atoms with Crippen molar-refractivity contribution in [3.63, 3.8) is 0 Å². The SMILES string of the molecule is CCN(Cc1ccccc1)c1nc(C)cc(C(=O)NCCOC)n1. The maximum absolute atomic E-state index is 12.2. The number of carbonyl (C=O) groups is 1. The molecule has 0 radical (unpaired) electrons. The maximum Gasteiger partial charge on any atom is 0.270 e. The summed E-state index contributed by atoms with van der Waals surface area (Å²) < 4.78 is 4.94. The van der Waals surface area contributed by atoms with Crippen molar-refractivity contribution in [3.05, 3.63) is 53.3 Å². The summed E-state index contributed by atoms with van der Waals surface area (Å²) in [6.45, 7) is 6.29. The van der Waals surface area contributed by atoms with Crippen molar-refractivity contribution < 1.29 is 9.53 Å². The van der Waals surface area contributed by atoms with Crippen LogP contribution in [0.4, 0.5) is 5.95 Å². The van der Waals surface area contributed by atoms with Gasteiger partial charge in [-0.1, -0.05) is 30.3 Å². The Hall–Kier alpha value is -2.47. The Morgan fingerprint density at radius 1 is 1.25 bits per heavy atom. The van der Waals surface area contributed by atoms with Gasteiger partial charge in [-0.05, 0) is 25.5 Å². The highest BCUT2D eigenvalue weighted by Crippen LogP contribution is 2.14. The van der Waals surface area contributed by atoms with Gasteiger partial charge in [0.25, 0.3) is 5.91 Å². The maximum atomic E-state index is 12.2. The van der Waals surface area contributed by atoms with Crippen molar-refractivity contribution in [2.45, 2.75) is 20.4 Å². The fourth-order valence-corrected chi connectivity index (χ4v) is 2.30. The first-order valence-corrected chi connectivity index (χ1v) is 8.05. The molecule has 0 bridgehead atoms. The largest absolute Gasteiger partial charge is 0.383 e. The van der Waals surface area contributed by atoms with E-state index in [1.54, 1.807) is 13.2 Å². The molecule has 0 aliphatic rings. The molecule has 128 valence electrons. The molecule has 6 heteroatoms. The highest BCUT2D eigenvalue weighted by atomic mass is 16.5. The second-order valence-electron chi connectivity index (χ2n) is 5.44. The molecule has 0 aliphatic heterocycles. The third-order valence-electron chi connectivity index (χ3n) is 3.55. The molecule has 2 aromatic rings. The number of carbonyl (C=O) groups excluding carboxylic acids is 1. The predicted molar refractivity (Wildman–Crippen MR) is 94.1 cm³/mol. The van der Waals surface area contributed by atoms with Crippen molar-refractivity contribution in [1.29, 1.82) is 0 Å². The minimum atomic E-state index is -0.213. The normalized spacial score (nSPS) is 10.5. The quantitative estimate of drug-likeness (QED) is 0.752. The van der Waals surface area contributed by atoms with Crippen LogP contribution in [0.5, 0.6) is 0 Å². The van der Waals surface area contributed by atoms with Crippen molar-refractivity contribution in [2.24, 2.45) is 0 Å². The van der Waals surface area contributed by atoms with Gasteiger partial charge in [0.2, 0.25) is 5.95 Å². The van der Waals surface area contributed by atoms with Gasteiger partial charge in [-0.3, -0.25) is 4.79 Å². The average molecular weight is 328 g/mol. The van der Waals surface area contributed by atoms with Crippen LogP contribution < -0.4 is 10.2 Å². The van der Waals surface area contributed by atoms with Crippen LogP contribution in [0.2, 0.25) is 0 Å². The lowest BCUT2D eigenvalue weighted by atomic mass is 10.2. The van der Waals surface area contributed by atoms with E-state index in [1.165, 1.54) is 5.56 Å². The molecule has 1 N–H and O–H groups in total. The average Bonchev–Trinajstić information content (AvgIpc) is 2.60. The molecular weight excluding hydrogens is 304 g/mol. The monoisotopic (exact) mass is 328 g/mol. The second kappa shape index (κ2) is 8.98. The number of amides is 1. The molecule has 6 nitrogen and oxygen atoms in total. The van der Waals surface area contributed by atoms with E-state index in [1.807, 2.05) is 36.9 Å². The van der Waals surface area contributed by atoms with Crippen molar-refractivity contribution in [2.75, 3.05) is 31.7 Å². The predicted octanol–water partition coefficient (Wildman–Crippen LogP) is 2.19. The zero-order chi connectivity index (χ0) is 17.4. The van der Waals surface area contributed by atoms with E-state index in [0.29, 0.717) is 31.3 Å². The number of hydrogen-bond acceptors (Lipinski definition) is 5. The zero-order valence-electron chi connectivity index (χ0n) is 14.5. The fraction of sp³-hybridized carbons (Fsp3) is 0.389. The van der Waals surface area contributed by atoms with Crippen molar-refractivity contribution in [3.8, 4) is 0 Å². The number of aromatic nitrogens is 2. The topological polar surface area (TPSA) is 67.4 Å². The van der Waals surface area contributed by atoms with Crippen LogP contribution in [0.25, 0.3) is 0 Å². The first-order valence-electron chi connectivity index (χ1n) is 8.05. The molecule has 24 heavy (non-hydrogen) atoms. The van der Waals surface area contributed by atoms with Gasteiger partial charge in [-0.25, -0.2) is 9.97 Å². The van der Waals surface area contributed by atoms with Gasteiger partial charge in [0.15, 0.2) is 0 Å². The van der Waals surface area contributed by atoms with Crippen LogP contribution in [0.3, 0.4) is 0 Å². The number of rotatable bonds is 8. The van der Waals surface area contributed by atoms with Gasteiger partial charge < -0.3 is 15.0 Å². The third kappa shape index (κ3) is 5.03. The zero-order valence-corrected chi connectivity index (χ0v) is 14.5. The van der Waals surface area contributed by atoms with Crippen LogP contribution in [-0.4, -0.2) is 42.7 Å². The fourth-order valence-electron chi connectivity index (χ4n) is 2.30. The van der Waals surface area contributed by atoms with E-state index in [9.17, 15) is 4.79 Å². The number of methoxy groups -OCH3 is 1. The number of nitrogens with zero attached hydrogens (tertiary/aromatic N) is 3. The molecule has 0 saturated heterocycles. The lowest BCUT2D eigenvalue weighted by Gasteiger charge is -2.21. The summed E-state index contributed by atoms with van der Waals surface area (Å²) in [5.74, 6) is 0.354. The van der Waals surface area contributed by atoms with E-state index < -0.39 is 0 Å². The summed E-state index contributed by atoms with van der Waals surface area (Å²) >= 11 is 0. The molecule has 0 aliphatic carbocycles. The molecule has 1 amide bonds. The Bertz CT molecular complexity index is 661. The van der Waals surface area contributed by atoms with E-state index in [0.717, 1.165) is 12.2 Å². The first-order chi connectivity index (χ1) is 11.6. The summed E-state index contributed by atoms with van der Waals surface area (Å²) in [4.78, 5) is 23.2. The van der Waals surface area contributed by atoms with Crippen LogP contribution in [0.1, 0.15) is 28.7 Å². The van der Waals surface area contributed by atoms with Gasteiger partial charge in [-0.2, -0.15) is 0 Å². The van der Waals surface area contributed by atoms with Crippen LogP contribution in [0, 0.1) is 6.92 Å². The summed E-state index contributed by atoms with van der Waals surface area (Å²) in [6.07, 6.45) is 0. The van der Waals surface area contributed by atoms with E-state index in [-0.39, 0.29) is 5.91 Å². The van der Waals surface area contributed by atoms with Crippen molar-refractivity contribution in [1.82, 2.24) is 15.3 Å². The highest BCUT2D eigenvalue weighted by Gasteiger charge is 2.14.